The standard InChI is InChI=1S/C17H21FN4O2S/c1-13-11-15(21-17(20-13)22-9-3-2-4-10-22)12-19-25(23,24)16-7-5-14(18)6-8-16/h5-8,11,19H,2-4,9-10,12H2,1H3. The second-order valence-electron chi connectivity index (χ2n) is 6.13. The van der Waals surface area contributed by atoms with E-state index in [4.69, 9.17) is 0 Å². The van der Waals surface area contributed by atoms with Gasteiger partial charge in [0, 0.05) is 18.8 Å². The van der Waals surface area contributed by atoms with Gasteiger partial charge in [-0.2, -0.15) is 0 Å². The van der Waals surface area contributed by atoms with E-state index in [0.29, 0.717) is 11.6 Å². The molecule has 8 heteroatoms. The van der Waals surface area contributed by atoms with Crippen LogP contribution in [0.25, 0.3) is 0 Å². The van der Waals surface area contributed by atoms with E-state index in [0.717, 1.165) is 43.8 Å². The van der Waals surface area contributed by atoms with Crippen LogP contribution < -0.4 is 9.62 Å². The molecule has 1 saturated heterocycles. The van der Waals surface area contributed by atoms with Crippen LogP contribution in [0, 0.1) is 12.7 Å². The molecule has 25 heavy (non-hydrogen) atoms. The number of anilines is 1. The summed E-state index contributed by atoms with van der Waals surface area (Å²) < 4.78 is 40.1. The molecule has 0 spiro atoms. The number of hydrogen-bond acceptors (Lipinski definition) is 5. The van der Waals surface area contributed by atoms with Gasteiger partial charge in [-0.3, -0.25) is 0 Å². The smallest absolute Gasteiger partial charge is 0.240 e. The van der Waals surface area contributed by atoms with Crippen molar-refractivity contribution >= 4 is 16.0 Å². The van der Waals surface area contributed by atoms with Gasteiger partial charge in [0.05, 0.1) is 17.1 Å². The molecule has 134 valence electrons. The number of hydrogen-bond donors (Lipinski definition) is 1. The van der Waals surface area contributed by atoms with Crippen LogP contribution in [0.3, 0.4) is 0 Å². The first-order chi connectivity index (χ1) is 11.9. The number of sulfonamides is 1. The number of aryl methyl sites for hydroxylation is 1. The van der Waals surface area contributed by atoms with E-state index in [1.807, 2.05) is 6.92 Å². The van der Waals surface area contributed by atoms with Gasteiger partial charge in [-0.25, -0.2) is 27.5 Å². The van der Waals surface area contributed by atoms with Crippen LogP contribution >= 0.6 is 0 Å². The summed E-state index contributed by atoms with van der Waals surface area (Å²) in [6.07, 6.45) is 3.44. The van der Waals surface area contributed by atoms with E-state index in [-0.39, 0.29) is 11.4 Å². The van der Waals surface area contributed by atoms with Crippen molar-refractivity contribution in [2.75, 3.05) is 18.0 Å². The van der Waals surface area contributed by atoms with Crippen molar-refractivity contribution in [1.82, 2.24) is 14.7 Å². The molecule has 2 heterocycles. The average Bonchev–Trinajstić information content (AvgIpc) is 2.61. The highest BCUT2D eigenvalue weighted by atomic mass is 32.2. The maximum absolute atomic E-state index is 13.0. The minimum Gasteiger partial charge on any atom is -0.341 e. The predicted octanol–water partition coefficient (Wildman–Crippen LogP) is 2.39. The van der Waals surface area contributed by atoms with Gasteiger partial charge in [0.1, 0.15) is 5.82 Å². The fourth-order valence-corrected chi connectivity index (χ4v) is 3.81. The topological polar surface area (TPSA) is 75.2 Å². The van der Waals surface area contributed by atoms with E-state index in [1.54, 1.807) is 6.07 Å². The molecule has 0 aliphatic carbocycles. The molecule has 0 radical (unpaired) electrons. The van der Waals surface area contributed by atoms with Crippen LogP contribution in [0.1, 0.15) is 30.7 Å². The van der Waals surface area contributed by atoms with Crippen molar-refractivity contribution in [2.45, 2.75) is 37.6 Å². The van der Waals surface area contributed by atoms with Crippen LogP contribution in [0.5, 0.6) is 0 Å². The predicted molar refractivity (Wildman–Crippen MR) is 93.3 cm³/mol. The number of benzene rings is 1. The van der Waals surface area contributed by atoms with E-state index in [2.05, 4.69) is 19.6 Å². The Morgan fingerprint density at radius 3 is 2.48 bits per heavy atom. The van der Waals surface area contributed by atoms with E-state index >= 15 is 0 Å². The second-order valence-corrected chi connectivity index (χ2v) is 7.89. The molecule has 1 aliphatic rings. The molecule has 3 rings (SSSR count). The van der Waals surface area contributed by atoms with Crippen molar-refractivity contribution in [3.63, 3.8) is 0 Å². The molecule has 0 saturated carbocycles. The molecule has 2 aromatic rings. The monoisotopic (exact) mass is 364 g/mol. The maximum atomic E-state index is 13.0. The SMILES string of the molecule is Cc1cc(CNS(=O)(=O)c2ccc(F)cc2)nc(N2CCCCC2)n1. The Morgan fingerprint density at radius 1 is 1.12 bits per heavy atom. The van der Waals surface area contributed by atoms with Gasteiger partial charge in [-0.15, -0.1) is 0 Å². The third kappa shape index (κ3) is 4.52. The second kappa shape index (κ2) is 7.45. The van der Waals surface area contributed by atoms with Gasteiger partial charge in [0.25, 0.3) is 0 Å². The molecular formula is C17H21FN4O2S. The van der Waals surface area contributed by atoms with Gasteiger partial charge in [-0.1, -0.05) is 0 Å². The summed E-state index contributed by atoms with van der Waals surface area (Å²) in [4.78, 5) is 11.1. The zero-order chi connectivity index (χ0) is 17.9. The third-order valence-corrected chi connectivity index (χ3v) is 5.52. The Balaban J connectivity index is 1.74. The minimum atomic E-state index is -3.72. The summed E-state index contributed by atoms with van der Waals surface area (Å²) in [6, 6.07) is 6.49. The summed E-state index contributed by atoms with van der Waals surface area (Å²) in [7, 11) is -3.72. The zero-order valence-electron chi connectivity index (χ0n) is 14.1. The van der Waals surface area contributed by atoms with E-state index in [1.165, 1.54) is 18.6 Å². The quantitative estimate of drug-likeness (QED) is 0.882. The molecule has 6 nitrogen and oxygen atoms in total. The minimum absolute atomic E-state index is 0.0240. The zero-order valence-corrected chi connectivity index (χ0v) is 14.9. The molecule has 1 aromatic carbocycles. The summed E-state index contributed by atoms with van der Waals surface area (Å²) in [5.41, 5.74) is 1.41. The molecule has 0 amide bonds. The molecule has 0 atom stereocenters. The van der Waals surface area contributed by atoms with Gasteiger partial charge in [0.15, 0.2) is 0 Å². The lowest BCUT2D eigenvalue weighted by Crippen LogP contribution is -2.32. The fourth-order valence-electron chi connectivity index (χ4n) is 2.81. The molecular weight excluding hydrogens is 343 g/mol. The summed E-state index contributed by atoms with van der Waals surface area (Å²) in [6.45, 7) is 3.77. The average molecular weight is 364 g/mol. The van der Waals surface area contributed by atoms with Crippen LogP contribution in [0.15, 0.2) is 35.2 Å². The number of halogens is 1. The summed E-state index contributed by atoms with van der Waals surface area (Å²) >= 11 is 0. The molecule has 0 bridgehead atoms. The summed E-state index contributed by atoms with van der Waals surface area (Å²) in [5, 5.41) is 0. The molecule has 1 fully saturated rings. The highest BCUT2D eigenvalue weighted by molar-refractivity contribution is 7.89. The number of nitrogens with one attached hydrogen (secondary N) is 1. The molecule has 1 aromatic heterocycles. The number of rotatable bonds is 5. The highest BCUT2D eigenvalue weighted by Crippen LogP contribution is 2.17. The Morgan fingerprint density at radius 2 is 1.80 bits per heavy atom. The highest BCUT2D eigenvalue weighted by Gasteiger charge is 2.17. The van der Waals surface area contributed by atoms with Gasteiger partial charge >= 0.3 is 0 Å². The lowest BCUT2D eigenvalue weighted by Gasteiger charge is -2.27. The number of piperidine rings is 1. The molecule has 0 unspecified atom stereocenters. The van der Waals surface area contributed by atoms with Gasteiger partial charge in [0.2, 0.25) is 16.0 Å². The van der Waals surface area contributed by atoms with Crippen LogP contribution in [0.2, 0.25) is 0 Å². The Hall–Kier alpha value is -2.06. The van der Waals surface area contributed by atoms with E-state index < -0.39 is 15.8 Å². The van der Waals surface area contributed by atoms with Gasteiger partial charge < -0.3 is 4.90 Å². The lowest BCUT2D eigenvalue weighted by molar-refractivity contribution is 0.565. The van der Waals surface area contributed by atoms with Crippen molar-refractivity contribution in [2.24, 2.45) is 0 Å². The van der Waals surface area contributed by atoms with Crippen LogP contribution in [0.4, 0.5) is 10.3 Å². The summed E-state index contributed by atoms with van der Waals surface area (Å²) in [5.74, 6) is 0.173. The Bertz CT molecular complexity index is 834. The lowest BCUT2D eigenvalue weighted by atomic mass is 10.1. The third-order valence-electron chi connectivity index (χ3n) is 4.10. The normalized spacial score (nSPS) is 15.4. The van der Waals surface area contributed by atoms with E-state index in [9.17, 15) is 12.8 Å². The maximum Gasteiger partial charge on any atom is 0.240 e. The molecule has 1 N–H and O–H groups in total. The van der Waals surface area contributed by atoms with Crippen LogP contribution in [-0.4, -0.2) is 31.5 Å². The van der Waals surface area contributed by atoms with Crippen molar-refractivity contribution in [3.05, 3.63) is 47.5 Å². The van der Waals surface area contributed by atoms with Crippen molar-refractivity contribution in [1.29, 1.82) is 0 Å². The first-order valence-electron chi connectivity index (χ1n) is 8.29. The Labute approximate surface area is 147 Å². The van der Waals surface area contributed by atoms with Crippen molar-refractivity contribution < 1.29 is 12.8 Å². The number of nitrogens with zero attached hydrogens (tertiary/aromatic N) is 3. The fraction of sp³-hybridized carbons (Fsp3) is 0.412. The first-order valence-corrected chi connectivity index (χ1v) is 9.77. The van der Waals surface area contributed by atoms with Crippen molar-refractivity contribution in [3.8, 4) is 0 Å². The Kier molecular flexibility index (Phi) is 5.29. The largest absolute Gasteiger partial charge is 0.341 e. The molecule has 1 aliphatic heterocycles. The first kappa shape index (κ1) is 17.8. The van der Waals surface area contributed by atoms with Gasteiger partial charge in [-0.05, 0) is 56.5 Å². The van der Waals surface area contributed by atoms with Crippen LogP contribution in [-0.2, 0) is 16.6 Å². The number of aromatic nitrogens is 2.